The quantitative estimate of drug-likeness (QED) is 0.801. The van der Waals surface area contributed by atoms with Crippen molar-refractivity contribution in [1.82, 2.24) is 4.98 Å². The van der Waals surface area contributed by atoms with Crippen LogP contribution in [0, 0.1) is 6.92 Å². The average molecular weight is 214 g/mol. The van der Waals surface area contributed by atoms with Crippen molar-refractivity contribution in [1.29, 1.82) is 0 Å². The Balaban J connectivity index is 2.57. The number of nitrogens with two attached hydrogens (primary N) is 1. The highest BCUT2D eigenvalue weighted by molar-refractivity contribution is 5.66. The van der Waals surface area contributed by atoms with Gasteiger partial charge in [0.05, 0.1) is 0 Å². The van der Waals surface area contributed by atoms with Crippen LogP contribution in [0.1, 0.15) is 11.1 Å². The van der Waals surface area contributed by atoms with E-state index in [4.69, 9.17) is 5.73 Å². The maximum atomic E-state index is 11.4. The number of aromatic nitrogens is 1. The Bertz CT molecular complexity index is 558. The largest absolute Gasteiger partial charge is 0.328 e. The summed E-state index contributed by atoms with van der Waals surface area (Å²) in [6.07, 6.45) is 1.73. The average Bonchev–Trinajstić information content (AvgIpc) is 2.31. The van der Waals surface area contributed by atoms with Gasteiger partial charge in [0.25, 0.3) is 5.56 Å². The van der Waals surface area contributed by atoms with Crippen molar-refractivity contribution in [2.75, 3.05) is 0 Å². The van der Waals surface area contributed by atoms with E-state index in [1.54, 1.807) is 6.20 Å². The fraction of sp³-hybridized carbons (Fsp3) is 0.154. The molecule has 0 aliphatic carbocycles. The zero-order chi connectivity index (χ0) is 11.5. The smallest absolute Gasteiger partial charge is 0.252 e. The third-order valence-corrected chi connectivity index (χ3v) is 2.66. The molecule has 0 aliphatic heterocycles. The molecule has 2 aromatic rings. The molecule has 0 saturated heterocycles. The number of aromatic amines is 1. The van der Waals surface area contributed by atoms with Crippen molar-refractivity contribution in [3.8, 4) is 11.1 Å². The molecule has 82 valence electrons. The van der Waals surface area contributed by atoms with E-state index >= 15 is 0 Å². The van der Waals surface area contributed by atoms with E-state index in [2.05, 4.69) is 4.98 Å². The van der Waals surface area contributed by atoms with Gasteiger partial charge in [-0.15, -0.1) is 0 Å². The number of pyridine rings is 1. The SMILES string of the molecule is Cc1ccccc1-c1c[nH]c(=O)c(CN)c1. The van der Waals surface area contributed by atoms with E-state index in [1.165, 1.54) is 5.56 Å². The molecule has 2 rings (SSSR count). The van der Waals surface area contributed by atoms with Crippen LogP contribution in [-0.2, 0) is 6.54 Å². The van der Waals surface area contributed by atoms with Crippen molar-refractivity contribution < 1.29 is 0 Å². The molecule has 0 aliphatic rings. The van der Waals surface area contributed by atoms with E-state index in [9.17, 15) is 4.79 Å². The maximum Gasteiger partial charge on any atom is 0.252 e. The van der Waals surface area contributed by atoms with Crippen LogP contribution in [0.5, 0.6) is 0 Å². The van der Waals surface area contributed by atoms with Crippen LogP contribution in [0.25, 0.3) is 11.1 Å². The predicted octanol–water partition coefficient (Wildman–Crippen LogP) is 1.81. The first-order valence-electron chi connectivity index (χ1n) is 5.20. The van der Waals surface area contributed by atoms with Crippen LogP contribution in [0.4, 0.5) is 0 Å². The lowest BCUT2D eigenvalue weighted by Crippen LogP contribution is -2.15. The Morgan fingerprint density at radius 1 is 1.31 bits per heavy atom. The molecular weight excluding hydrogens is 200 g/mol. The van der Waals surface area contributed by atoms with Crippen molar-refractivity contribution in [3.63, 3.8) is 0 Å². The fourth-order valence-electron chi connectivity index (χ4n) is 1.73. The van der Waals surface area contributed by atoms with Gasteiger partial charge in [-0.2, -0.15) is 0 Å². The molecule has 0 fully saturated rings. The minimum atomic E-state index is -0.111. The molecule has 16 heavy (non-hydrogen) atoms. The molecule has 1 heterocycles. The summed E-state index contributed by atoms with van der Waals surface area (Å²) in [7, 11) is 0. The van der Waals surface area contributed by atoms with Gasteiger partial charge >= 0.3 is 0 Å². The van der Waals surface area contributed by atoms with Gasteiger partial charge in [-0.05, 0) is 29.7 Å². The maximum absolute atomic E-state index is 11.4. The fourth-order valence-corrected chi connectivity index (χ4v) is 1.73. The van der Waals surface area contributed by atoms with E-state index in [0.29, 0.717) is 5.56 Å². The van der Waals surface area contributed by atoms with Crippen LogP contribution in [0.2, 0.25) is 0 Å². The number of benzene rings is 1. The van der Waals surface area contributed by atoms with Crippen LogP contribution in [0.3, 0.4) is 0 Å². The second-order valence-corrected chi connectivity index (χ2v) is 3.76. The van der Waals surface area contributed by atoms with Gasteiger partial charge in [0, 0.05) is 18.3 Å². The topological polar surface area (TPSA) is 58.9 Å². The van der Waals surface area contributed by atoms with Crippen LogP contribution in [0.15, 0.2) is 41.3 Å². The number of hydrogen-bond acceptors (Lipinski definition) is 2. The Morgan fingerprint density at radius 2 is 2.06 bits per heavy atom. The molecule has 3 nitrogen and oxygen atoms in total. The molecule has 0 saturated carbocycles. The summed E-state index contributed by atoms with van der Waals surface area (Å²) in [6, 6.07) is 9.90. The van der Waals surface area contributed by atoms with E-state index in [0.717, 1.165) is 11.1 Å². The zero-order valence-corrected chi connectivity index (χ0v) is 9.16. The van der Waals surface area contributed by atoms with Gasteiger partial charge in [-0.3, -0.25) is 4.79 Å². The third kappa shape index (κ3) is 1.90. The third-order valence-electron chi connectivity index (χ3n) is 2.66. The lowest BCUT2D eigenvalue weighted by molar-refractivity contribution is 1.02. The number of aryl methyl sites for hydroxylation is 1. The molecular formula is C13H14N2O. The Labute approximate surface area is 93.9 Å². The second kappa shape index (κ2) is 4.33. The molecule has 0 unspecified atom stereocenters. The highest BCUT2D eigenvalue weighted by Crippen LogP contribution is 2.21. The van der Waals surface area contributed by atoms with E-state index in [-0.39, 0.29) is 12.1 Å². The van der Waals surface area contributed by atoms with Gasteiger partial charge < -0.3 is 10.7 Å². The molecule has 1 aromatic heterocycles. The highest BCUT2D eigenvalue weighted by atomic mass is 16.1. The predicted molar refractivity (Wildman–Crippen MR) is 65.1 cm³/mol. The molecule has 1 aromatic carbocycles. The lowest BCUT2D eigenvalue weighted by Gasteiger charge is -2.06. The van der Waals surface area contributed by atoms with E-state index < -0.39 is 0 Å². The van der Waals surface area contributed by atoms with Crippen molar-refractivity contribution in [3.05, 3.63) is 58.0 Å². The van der Waals surface area contributed by atoms with E-state index in [1.807, 2.05) is 37.3 Å². The normalized spacial score (nSPS) is 10.4. The van der Waals surface area contributed by atoms with Crippen LogP contribution in [-0.4, -0.2) is 4.98 Å². The number of nitrogens with one attached hydrogen (secondary N) is 1. The number of H-pyrrole nitrogens is 1. The summed E-state index contributed by atoms with van der Waals surface area (Å²) in [4.78, 5) is 14.1. The lowest BCUT2D eigenvalue weighted by atomic mass is 10.0. The summed E-state index contributed by atoms with van der Waals surface area (Å²) in [5.41, 5.74) is 9.31. The summed E-state index contributed by atoms with van der Waals surface area (Å²) < 4.78 is 0. The monoisotopic (exact) mass is 214 g/mol. The summed E-state index contributed by atoms with van der Waals surface area (Å²) in [5.74, 6) is 0. The first-order valence-corrected chi connectivity index (χ1v) is 5.20. The second-order valence-electron chi connectivity index (χ2n) is 3.76. The Hall–Kier alpha value is -1.87. The van der Waals surface area contributed by atoms with Gasteiger partial charge in [-0.1, -0.05) is 24.3 Å². The molecule has 0 amide bonds. The summed E-state index contributed by atoms with van der Waals surface area (Å²) in [5, 5.41) is 0. The molecule has 0 spiro atoms. The molecule has 0 atom stereocenters. The summed E-state index contributed by atoms with van der Waals surface area (Å²) in [6.45, 7) is 2.30. The Morgan fingerprint density at radius 3 is 2.75 bits per heavy atom. The first kappa shape index (κ1) is 10.6. The summed E-state index contributed by atoms with van der Waals surface area (Å²) >= 11 is 0. The van der Waals surface area contributed by atoms with Crippen molar-refractivity contribution >= 4 is 0 Å². The van der Waals surface area contributed by atoms with Gasteiger partial charge in [0.15, 0.2) is 0 Å². The van der Waals surface area contributed by atoms with Crippen LogP contribution >= 0.6 is 0 Å². The standard InChI is InChI=1S/C13H14N2O/c1-9-4-2-3-5-12(9)11-6-10(7-14)13(16)15-8-11/h2-6,8H,7,14H2,1H3,(H,15,16). The van der Waals surface area contributed by atoms with Gasteiger partial charge in [-0.25, -0.2) is 0 Å². The molecule has 0 bridgehead atoms. The van der Waals surface area contributed by atoms with Gasteiger partial charge in [0.2, 0.25) is 0 Å². The van der Waals surface area contributed by atoms with Crippen molar-refractivity contribution in [2.24, 2.45) is 5.73 Å². The molecule has 3 heteroatoms. The zero-order valence-electron chi connectivity index (χ0n) is 9.16. The first-order chi connectivity index (χ1) is 7.72. The van der Waals surface area contributed by atoms with Crippen molar-refractivity contribution in [2.45, 2.75) is 13.5 Å². The van der Waals surface area contributed by atoms with Gasteiger partial charge in [0.1, 0.15) is 0 Å². The number of hydrogen-bond donors (Lipinski definition) is 2. The number of rotatable bonds is 2. The minimum Gasteiger partial charge on any atom is -0.328 e. The van der Waals surface area contributed by atoms with Crippen LogP contribution < -0.4 is 11.3 Å². The highest BCUT2D eigenvalue weighted by Gasteiger charge is 2.04. The minimum absolute atomic E-state index is 0.111. The molecule has 3 N–H and O–H groups in total. The molecule has 0 radical (unpaired) electrons. The Kier molecular flexibility index (Phi) is 2.88.